The van der Waals surface area contributed by atoms with Gasteiger partial charge in [-0.05, 0) is 80.7 Å². The zero-order chi connectivity index (χ0) is 22.4. The van der Waals surface area contributed by atoms with Gasteiger partial charge in [-0.15, -0.1) is 0 Å². The number of nitrogens with zero attached hydrogens (tertiary/aromatic N) is 1. The Labute approximate surface area is 195 Å². The first-order valence-corrected chi connectivity index (χ1v) is 11.5. The summed E-state index contributed by atoms with van der Waals surface area (Å²) in [6.07, 6.45) is 2.57. The molecule has 5 nitrogen and oxygen atoms in total. The largest absolute Gasteiger partial charge is 0.462 e. The van der Waals surface area contributed by atoms with Gasteiger partial charge in [-0.25, -0.2) is 4.79 Å². The van der Waals surface area contributed by atoms with Crippen molar-refractivity contribution in [2.24, 2.45) is 5.92 Å². The second kappa shape index (κ2) is 10.8. The van der Waals surface area contributed by atoms with Crippen LogP contribution in [0.2, 0.25) is 5.02 Å². The normalized spacial score (nSPS) is 17.0. The lowest BCUT2D eigenvalue weighted by Gasteiger charge is -2.33. The van der Waals surface area contributed by atoms with Crippen LogP contribution in [0.25, 0.3) is 0 Å². The summed E-state index contributed by atoms with van der Waals surface area (Å²) < 4.78 is 5.00. The molecule has 2 aromatic rings. The van der Waals surface area contributed by atoms with Gasteiger partial charge in [0.15, 0.2) is 5.11 Å². The van der Waals surface area contributed by atoms with Crippen molar-refractivity contribution < 1.29 is 9.53 Å². The maximum absolute atomic E-state index is 11.9. The standard InChI is InChI=1S/C24H30ClN3O2S/c1-4-30-23(29)21-12-9-19(14-22(21)25)27-24(31)26-17(3)18-7-10-20(11-8-18)28-13-5-6-16(2)15-28/h7-12,14,16-17H,4-6,13,15H2,1-3H3,(H2,26,27,31)/t16-,17+/m1/s1. The third-order valence-electron chi connectivity index (χ3n) is 5.49. The summed E-state index contributed by atoms with van der Waals surface area (Å²) in [6.45, 7) is 8.70. The third kappa shape index (κ3) is 6.34. The molecule has 0 radical (unpaired) electrons. The van der Waals surface area contributed by atoms with Gasteiger partial charge in [0, 0.05) is 24.5 Å². The van der Waals surface area contributed by atoms with Crippen molar-refractivity contribution in [2.45, 2.75) is 39.7 Å². The molecule has 2 aromatic carbocycles. The molecule has 2 atom stereocenters. The zero-order valence-corrected chi connectivity index (χ0v) is 19.9. The molecule has 2 N–H and O–H groups in total. The van der Waals surface area contributed by atoms with Crippen LogP contribution in [0.1, 0.15) is 55.6 Å². The van der Waals surface area contributed by atoms with E-state index in [9.17, 15) is 4.79 Å². The molecule has 0 aliphatic carbocycles. The van der Waals surface area contributed by atoms with Gasteiger partial charge in [0.1, 0.15) is 0 Å². The highest BCUT2D eigenvalue weighted by Crippen LogP contribution is 2.25. The first-order chi connectivity index (χ1) is 14.9. The van der Waals surface area contributed by atoms with E-state index in [4.69, 9.17) is 28.6 Å². The molecule has 0 aromatic heterocycles. The summed E-state index contributed by atoms with van der Waals surface area (Å²) in [5, 5.41) is 7.23. The monoisotopic (exact) mass is 459 g/mol. The van der Waals surface area contributed by atoms with E-state index in [0.717, 1.165) is 24.6 Å². The molecule has 1 aliphatic heterocycles. The number of hydrogen-bond donors (Lipinski definition) is 2. The van der Waals surface area contributed by atoms with Gasteiger partial charge in [0.2, 0.25) is 0 Å². The molecule has 0 amide bonds. The number of rotatable bonds is 6. The Kier molecular flexibility index (Phi) is 8.15. The van der Waals surface area contributed by atoms with Crippen LogP contribution in [0, 0.1) is 5.92 Å². The van der Waals surface area contributed by atoms with Crippen LogP contribution in [0.4, 0.5) is 11.4 Å². The minimum atomic E-state index is -0.434. The molecule has 0 bridgehead atoms. The lowest BCUT2D eigenvalue weighted by molar-refractivity contribution is 0.0526. The van der Waals surface area contributed by atoms with Crippen LogP contribution in [0.3, 0.4) is 0 Å². The summed E-state index contributed by atoms with van der Waals surface area (Å²) in [4.78, 5) is 14.3. The maximum Gasteiger partial charge on any atom is 0.339 e. The van der Waals surface area contributed by atoms with Crippen LogP contribution >= 0.6 is 23.8 Å². The Hall–Kier alpha value is -2.31. The SMILES string of the molecule is CCOC(=O)c1ccc(NC(=S)N[C@@H](C)c2ccc(N3CCC[C@@H](C)C3)cc2)cc1Cl. The smallest absolute Gasteiger partial charge is 0.339 e. The Morgan fingerprint density at radius 1 is 1.29 bits per heavy atom. The van der Waals surface area contributed by atoms with Crippen molar-refractivity contribution in [3.05, 3.63) is 58.6 Å². The summed E-state index contributed by atoms with van der Waals surface area (Å²) in [7, 11) is 0. The van der Waals surface area contributed by atoms with E-state index in [2.05, 4.69) is 53.6 Å². The molecule has 3 rings (SSSR count). The average molecular weight is 460 g/mol. The Morgan fingerprint density at radius 2 is 2.03 bits per heavy atom. The number of carbonyl (C=O) groups is 1. The van der Waals surface area contributed by atoms with Crippen LogP contribution in [-0.2, 0) is 4.74 Å². The molecule has 0 unspecified atom stereocenters. The molecule has 1 heterocycles. The fraction of sp³-hybridized carbons (Fsp3) is 0.417. The van der Waals surface area contributed by atoms with Crippen molar-refractivity contribution in [1.29, 1.82) is 0 Å². The molecule has 1 saturated heterocycles. The highest BCUT2D eigenvalue weighted by atomic mass is 35.5. The lowest BCUT2D eigenvalue weighted by Crippen LogP contribution is -2.34. The van der Waals surface area contributed by atoms with E-state index >= 15 is 0 Å². The molecule has 31 heavy (non-hydrogen) atoms. The summed E-state index contributed by atoms with van der Waals surface area (Å²) >= 11 is 11.7. The summed E-state index contributed by atoms with van der Waals surface area (Å²) in [5.74, 6) is 0.313. The highest BCUT2D eigenvalue weighted by molar-refractivity contribution is 7.80. The number of ether oxygens (including phenoxy) is 1. The van der Waals surface area contributed by atoms with E-state index in [1.807, 2.05) is 0 Å². The number of thiocarbonyl (C=S) groups is 1. The minimum absolute atomic E-state index is 0.0450. The first kappa shape index (κ1) is 23.4. The van der Waals surface area contributed by atoms with Crippen molar-refractivity contribution in [1.82, 2.24) is 5.32 Å². The fourth-order valence-electron chi connectivity index (χ4n) is 3.81. The minimum Gasteiger partial charge on any atom is -0.462 e. The molecule has 0 saturated carbocycles. The number of piperidine rings is 1. The number of carbonyl (C=O) groups excluding carboxylic acids is 1. The summed E-state index contributed by atoms with van der Waals surface area (Å²) in [6, 6.07) is 13.8. The molecule has 1 aliphatic rings. The molecular weight excluding hydrogens is 430 g/mol. The number of esters is 1. The fourth-order valence-corrected chi connectivity index (χ4v) is 4.36. The van der Waals surface area contributed by atoms with Gasteiger partial charge >= 0.3 is 5.97 Å². The predicted molar refractivity (Wildman–Crippen MR) is 132 cm³/mol. The molecule has 0 spiro atoms. The van der Waals surface area contributed by atoms with Gasteiger partial charge in [0.25, 0.3) is 0 Å². The number of anilines is 2. The third-order valence-corrected chi connectivity index (χ3v) is 6.02. The van der Waals surface area contributed by atoms with E-state index in [1.54, 1.807) is 25.1 Å². The predicted octanol–water partition coefficient (Wildman–Crippen LogP) is 5.80. The Morgan fingerprint density at radius 3 is 2.68 bits per heavy atom. The number of benzene rings is 2. The Bertz CT molecular complexity index is 920. The second-order valence-corrected chi connectivity index (χ2v) is 8.84. The number of hydrogen-bond acceptors (Lipinski definition) is 4. The van der Waals surface area contributed by atoms with Gasteiger partial charge < -0.3 is 20.3 Å². The van der Waals surface area contributed by atoms with E-state index in [-0.39, 0.29) is 6.04 Å². The van der Waals surface area contributed by atoms with Crippen molar-refractivity contribution in [3.63, 3.8) is 0 Å². The van der Waals surface area contributed by atoms with E-state index < -0.39 is 5.97 Å². The van der Waals surface area contributed by atoms with E-state index in [1.165, 1.54) is 18.5 Å². The molecular formula is C24H30ClN3O2S. The van der Waals surface area contributed by atoms with Crippen LogP contribution < -0.4 is 15.5 Å². The van der Waals surface area contributed by atoms with Crippen LogP contribution in [0.5, 0.6) is 0 Å². The van der Waals surface area contributed by atoms with Gasteiger partial charge in [0.05, 0.1) is 23.2 Å². The summed E-state index contributed by atoms with van der Waals surface area (Å²) in [5.41, 5.74) is 3.48. The van der Waals surface area contributed by atoms with Gasteiger partial charge in [-0.1, -0.05) is 30.7 Å². The maximum atomic E-state index is 11.9. The highest BCUT2D eigenvalue weighted by Gasteiger charge is 2.17. The van der Waals surface area contributed by atoms with Gasteiger partial charge in [-0.2, -0.15) is 0 Å². The van der Waals surface area contributed by atoms with Crippen LogP contribution in [0.15, 0.2) is 42.5 Å². The van der Waals surface area contributed by atoms with Crippen molar-refractivity contribution in [3.8, 4) is 0 Å². The quantitative estimate of drug-likeness (QED) is 0.420. The number of halogens is 1. The topological polar surface area (TPSA) is 53.6 Å². The first-order valence-electron chi connectivity index (χ1n) is 10.8. The van der Waals surface area contributed by atoms with Crippen molar-refractivity contribution in [2.75, 3.05) is 29.9 Å². The Balaban J connectivity index is 1.56. The van der Waals surface area contributed by atoms with Crippen LogP contribution in [-0.4, -0.2) is 30.8 Å². The number of nitrogens with one attached hydrogen (secondary N) is 2. The molecule has 7 heteroatoms. The average Bonchev–Trinajstić information content (AvgIpc) is 2.74. The molecule has 1 fully saturated rings. The lowest BCUT2D eigenvalue weighted by atomic mass is 9.99. The van der Waals surface area contributed by atoms with Gasteiger partial charge in [-0.3, -0.25) is 0 Å². The second-order valence-electron chi connectivity index (χ2n) is 8.02. The molecule has 166 valence electrons. The van der Waals surface area contributed by atoms with Crippen molar-refractivity contribution >= 4 is 46.3 Å². The van der Waals surface area contributed by atoms with E-state index in [0.29, 0.717) is 28.0 Å². The zero-order valence-electron chi connectivity index (χ0n) is 18.3.